The molecular formula is C14H24N4O2. The van der Waals surface area contributed by atoms with Gasteiger partial charge in [0.05, 0.1) is 17.5 Å². The van der Waals surface area contributed by atoms with Gasteiger partial charge >= 0.3 is 0 Å². The van der Waals surface area contributed by atoms with Crippen LogP contribution >= 0.6 is 0 Å². The van der Waals surface area contributed by atoms with Gasteiger partial charge in [-0.1, -0.05) is 12.8 Å². The Bertz CT molecular complexity index is 484. The zero-order chi connectivity index (χ0) is 14.7. The SMILES string of the molecule is CCn1nc(C)c(N)c1C(=O)NCC1CCCCC1O. The third kappa shape index (κ3) is 2.95. The van der Waals surface area contributed by atoms with E-state index in [1.807, 2.05) is 6.92 Å². The maximum absolute atomic E-state index is 12.3. The summed E-state index contributed by atoms with van der Waals surface area (Å²) in [4.78, 5) is 12.3. The number of rotatable bonds is 4. The highest BCUT2D eigenvalue weighted by molar-refractivity contribution is 5.97. The highest BCUT2D eigenvalue weighted by Gasteiger charge is 2.25. The van der Waals surface area contributed by atoms with Crippen LogP contribution in [0.25, 0.3) is 0 Å². The topological polar surface area (TPSA) is 93.2 Å². The first-order valence-electron chi connectivity index (χ1n) is 7.33. The predicted molar refractivity (Wildman–Crippen MR) is 77.3 cm³/mol. The van der Waals surface area contributed by atoms with Gasteiger partial charge in [0.2, 0.25) is 0 Å². The van der Waals surface area contributed by atoms with Crippen LogP contribution in [0, 0.1) is 12.8 Å². The molecule has 0 spiro atoms. The molecule has 1 aliphatic rings. The number of hydrogen-bond acceptors (Lipinski definition) is 4. The van der Waals surface area contributed by atoms with Crippen molar-refractivity contribution in [1.82, 2.24) is 15.1 Å². The van der Waals surface area contributed by atoms with Crippen molar-refractivity contribution in [2.45, 2.75) is 52.2 Å². The van der Waals surface area contributed by atoms with Crippen LogP contribution in [0.2, 0.25) is 0 Å². The van der Waals surface area contributed by atoms with Crippen molar-refractivity contribution < 1.29 is 9.90 Å². The molecule has 1 aromatic rings. The van der Waals surface area contributed by atoms with E-state index in [-0.39, 0.29) is 17.9 Å². The number of carbonyl (C=O) groups excluding carboxylic acids is 1. The zero-order valence-corrected chi connectivity index (χ0v) is 12.2. The van der Waals surface area contributed by atoms with E-state index in [1.165, 1.54) is 0 Å². The first-order valence-corrected chi connectivity index (χ1v) is 7.33. The van der Waals surface area contributed by atoms with E-state index in [0.29, 0.717) is 30.2 Å². The molecule has 0 bridgehead atoms. The summed E-state index contributed by atoms with van der Waals surface area (Å²) < 4.78 is 1.62. The Labute approximate surface area is 119 Å². The molecule has 0 aromatic carbocycles. The van der Waals surface area contributed by atoms with Crippen molar-refractivity contribution in [2.75, 3.05) is 12.3 Å². The van der Waals surface area contributed by atoms with Crippen LogP contribution in [0.5, 0.6) is 0 Å². The third-order valence-corrected chi connectivity index (χ3v) is 4.08. The quantitative estimate of drug-likeness (QED) is 0.769. The fourth-order valence-corrected chi connectivity index (χ4v) is 2.80. The van der Waals surface area contributed by atoms with Gasteiger partial charge in [0.1, 0.15) is 5.69 Å². The van der Waals surface area contributed by atoms with Gasteiger partial charge in [-0.2, -0.15) is 5.10 Å². The number of aliphatic hydroxyl groups excluding tert-OH is 1. The minimum Gasteiger partial charge on any atom is -0.395 e. The van der Waals surface area contributed by atoms with Gasteiger partial charge in [0.25, 0.3) is 5.91 Å². The second-order valence-electron chi connectivity index (χ2n) is 5.49. The average Bonchev–Trinajstić information content (AvgIpc) is 2.73. The number of nitrogen functional groups attached to an aromatic ring is 1. The number of nitrogens with zero attached hydrogens (tertiary/aromatic N) is 2. The monoisotopic (exact) mass is 280 g/mol. The number of aromatic nitrogens is 2. The van der Waals surface area contributed by atoms with Crippen LogP contribution in [0.3, 0.4) is 0 Å². The van der Waals surface area contributed by atoms with Crippen LogP contribution in [0.4, 0.5) is 5.69 Å². The lowest BCUT2D eigenvalue weighted by Crippen LogP contribution is -2.37. The largest absolute Gasteiger partial charge is 0.395 e. The Balaban J connectivity index is 2.01. The molecule has 0 aliphatic heterocycles. The molecule has 1 aliphatic carbocycles. The molecule has 0 radical (unpaired) electrons. The Kier molecular flexibility index (Phi) is 4.65. The van der Waals surface area contributed by atoms with Crippen molar-refractivity contribution in [2.24, 2.45) is 5.92 Å². The molecule has 2 rings (SSSR count). The van der Waals surface area contributed by atoms with Crippen molar-refractivity contribution in [3.63, 3.8) is 0 Å². The maximum Gasteiger partial charge on any atom is 0.271 e. The molecule has 2 unspecified atom stereocenters. The summed E-state index contributed by atoms with van der Waals surface area (Å²) in [5.74, 6) is -0.0595. The number of nitrogens with two attached hydrogens (primary N) is 1. The number of aliphatic hydroxyl groups is 1. The molecule has 6 nitrogen and oxygen atoms in total. The van der Waals surface area contributed by atoms with E-state index < -0.39 is 0 Å². The van der Waals surface area contributed by atoms with E-state index in [0.717, 1.165) is 25.7 Å². The third-order valence-electron chi connectivity index (χ3n) is 4.08. The van der Waals surface area contributed by atoms with E-state index in [4.69, 9.17) is 5.73 Å². The lowest BCUT2D eigenvalue weighted by atomic mass is 9.86. The fourth-order valence-electron chi connectivity index (χ4n) is 2.80. The lowest BCUT2D eigenvalue weighted by molar-refractivity contribution is 0.0660. The molecule has 1 saturated carbocycles. The minimum absolute atomic E-state index is 0.146. The molecule has 1 amide bonds. The molecule has 6 heteroatoms. The van der Waals surface area contributed by atoms with Crippen LogP contribution in [0.1, 0.15) is 48.8 Å². The van der Waals surface area contributed by atoms with E-state index >= 15 is 0 Å². The van der Waals surface area contributed by atoms with Crippen molar-refractivity contribution in [1.29, 1.82) is 0 Å². The highest BCUT2D eigenvalue weighted by atomic mass is 16.3. The Morgan fingerprint density at radius 1 is 1.50 bits per heavy atom. The van der Waals surface area contributed by atoms with Crippen molar-refractivity contribution >= 4 is 11.6 Å². The molecule has 4 N–H and O–H groups in total. The second kappa shape index (κ2) is 6.26. The highest BCUT2D eigenvalue weighted by Crippen LogP contribution is 2.24. The maximum atomic E-state index is 12.3. The smallest absolute Gasteiger partial charge is 0.271 e. The zero-order valence-electron chi connectivity index (χ0n) is 12.2. The Morgan fingerprint density at radius 2 is 2.20 bits per heavy atom. The van der Waals surface area contributed by atoms with E-state index in [1.54, 1.807) is 11.6 Å². The van der Waals surface area contributed by atoms with Gasteiger partial charge in [-0.05, 0) is 26.7 Å². The number of amides is 1. The van der Waals surface area contributed by atoms with Gasteiger partial charge < -0.3 is 16.2 Å². The number of anilines is 1. The Hall–Kier alpha value is -1.56. The average molecular weight is 280 g/mol. The van der Waals surface area contributed by atoms with Crippen LogP contribution < -0.4 is 11.1 Å². The molecule has 2 atom stereocenters. The van der Waals surface area contributed by atoms with Crippen LogP contribution in [-0.4, -0.2) is 33.4 Å². The summed E-state index contributed by atoms with van der Waals surface area (Å²) in [6.07, 6.45) is 3.67. The number of nitrogens with one attached hydrogen (secondary N) is 1. The van der Waals surface area contributed by atoms with E-state index in [2.05, 4.69) is 10.4 Å². The Morgan fingerprint density at radius 3 is 2.85 bits per heavy atom. The van der Waals surface area contributed by atoms with Gasteiger partial charge in [0.15, 0.2) is 0 Å². The number of hydrogen-bond donors (Lipinski definition) is 3. The molecule has 20 heavy (non-hydrogen) atoms. The lowest BCUT2D eigenvalue weighted by Gasteiger charge is -2.27. The predicted octanol–water partition coefficient (Wildman–Crippen LogP) is 1.07. The molecular weight excluding hydrogens is 256 g/mol. The van der Waals surface area contributed by atoms with Crippen LogP contribution in [-0.2, 0) is 6.54 Å². The summed E-state index contributed by atoms with van der Waals surface area (Å²) in [6.45, 7) is 4.82. The van der Waals surface area contributed by atoms with E-state index in [9.17, 15) is 9.90 Å². The van der Waals surface area contributed by atoms with Gasteiger partial charge in [-0.15, -0.1) is 0 Å². The summed E-state index contributed by atoms with van der Waals surface area (Å²) >= 11 is 0. The minimum atomic E-state index is -0.306. The summed E-state index contributed by atoms with van der Waals surface area (Å²) in [6, 6.07) is 0. The second-order valence-corrected chi connectivity index (χ2v) is 5.49. The normalized spacial score (nSPS) is 22.8. The summed E-state index contributed by atoms with van der Waals surface area (Å²) in [5.41, 5.74) is 7.46. The van der Waals surface area contributed by atoms with Gasteiger partial charge in [-0.3, -0.25) is 9.48 Å². The summed E-state index contributed by atoms with van der Waals surface area (Å²) in [5, 5.41) is 17.0. The first-order chi connectivity index (χ1) is 9.54. The molecule has 1 heterocycles. The molecule has 1 fully saturated rings. The van der Waals surface area contributed by atoms with Gasteiger partial charge in [0, 0.05) is 19.0 Å². The number of carbonyl (C=O) groups is 1. The summed E-state index contributed by atoms with van der Waals surface area (Å²) in [7, 11) is 0. The van der Waals surface area contributed by atoms with Crippen molar-refractivity contribution in [3.8, 4) is 0 Å². The molecule has 1 aromatic heterocycles. The molecule has 0 saturated heterocycles. The van der Waals surface area contributed by atoms with Crippen molar-refractivity contribution in [3.05, 3.63) is 11.4 Å². The first kappa shape index (κ1) is 14.8. The van der Waals surface area contributed by atoms with Crippen LogP contribution in [0.15, 0.2) is 0 Å². The van der Waals surface area contributed by atoms with Gasteiger partial charge in [-0.25, -0.2) is 0 Å². The number of aryl methyl sites for hydroxylation is 2. The standard InChI is InChI=1S/C14H24N4O2/c1-3-18-13(12(15)9(2)17-18)14(20)16-8-10-6-4-5-7-11(10)19/h10-11,19H,3-8,15H2,1-2H3,(H,16,20). The molecule has 112 valence electrons. The fraction of sp³-hybridized carbons (Fsp3) is 0.714.